The SMILES string of the molecule is O=C(NC1CCN(C(=O)CCN2C(=O)c3ccccc3C2=O)CC1)c1ccccc1O. The maximum Gasteiger partial charge on any atom is 0.261 e. The zero-order valence-electron chi connectivity index (χ0n) is 16.9. The van der Waals surface area contributed by atoms with Gasteiger partial charge in [0.25, 0.3) is 17.7 Å². The molecule has 4 amide bonds. The molecule has 2 aliphatic heterocycles. The van der Waals surface area contributed by atoms with Gasteiger partial charge in [0.2, 0.25) is 5.91 Å². The third-order valence-electron chi connectivity index (χ3n) is 5.76. The van der Waals surface area contributed by atoms with Gasteiger partial charge in [-0.3, -0.25) is 24.1 Å². The number of nitrogens with one attached hydrogen (secondary N) is 1. The molecule has 31 heavy (non-hydrogen) atoms. The van der Waals surface area contributed by atoms with Gasteiger partial charge in [0.05, 0.1) is 16.7 Å². The van der Waals surface area contributed by atoms with E-state index in [9.17, 15) is 24.3 Å². The molecule has 4 rings (SSSR count). The zero-order valence-corrected chi connectivity index (χ0v) is 16.9. The Morgan fingerprint density at radius 3 is 2.13 bits per heavy atom. The van der Waals surface area contributed by atoms with Gasteiger partial charge in [-0.1, -0.05) is 24.3 Å². The second-order valence-corrected chi connectivity index (χ2v) is 7.70. The van der Waals surface area contributed by atoms with E-state index in [2.05, 4.69) is 5.32 Å². The molecule has 1 saturated heterocycles. The van der Waals surface area contributed by atoms with Crippen LogP contribution in [0.1, 0.15) is 50.3 Å². The molecule has 0 saturated carbocycles. The molecule has 0 radical (unpaired) electrons. The number of hydrogen-bond donors (Lipinski definition) is 2. The van der Waals surface area contributed by atoms with Gasteiger partial charge in [-0.05, 0) is 37.1 Å². The lowest BCUT2D eigenvalue weighted by Gasteiger charge is -2.32. The van der Waals surface area contributed by atoms with E-state index in [1.807, 2.05) is 0 Å². The van der Waals surface area contributed by atoms with Crippen molar-refractivity contribution in [2.45, 2.75) is 25.3 Å². The molecule has 0 unspecified atom stereocenters. The fourth-order valence-electron chi connectivity index (χ4n) is 4.01. The largest absolute Gasteiger partial charge is 0.507 e. The molecule has 160 valence electrons. The number of carbonyl (C=O) groups excluding carboxylic acids is 4. The minimum Gasteiger partial charge on any atom is -0.507 e. The number of phenolic OH excluding ortho intramolecular Hbond substituents is 1. The van der Waals surface area contributed by atoms with Crippen LogP contribution in [0.4, 0.5) is 0 Å². The molecule has 0 bridgehead atoms. The van der Waals surface area contributed by atoms with Crippen LogP contribution in [-0.2, 0) is 4.79 Å². The van der Waals surface area contributed by atoms with E-state index in [-0.39, 0.29) is 53.9 Å². The van der Waals surface area contributed by atoms with Gasteiger partial charge >= 0.3 is 0 Å². The minimum absolute atomic E-state index is 0.0507. The highest BCUT2D eigenvalue weighted by Crippen LogP contribution is 2.23. The second kappa shape index (κ2) is 8.59. The summed E-state index contributed by atoms with van der Waals surface area (Å²) in [5.74, 6) is -1.26. The molecular weight excluding hydrogens is 398 g/mol. The van der Waals surface area contributed by atoms with Crippen LogP contribution >= 0.6 is 0 Å². The van der Waals surface area contributed by atoms with Gasteiger partial charge in [0, 0.05) is 32.1 Å². The maximum atomic E-state index is 12.6. The van der Waals surface area contributed by atoms with Gasteiger partial charge in [0.15, 0.2) is 0 Å². The number of likely N-dealkylation sites (tertiary alicyclic amines) is 1. The monoisotopic (exact) mass is 421 g/mol. The Balaban J connectivity index is 1.26. The molecule has 2 heterocycles. The van der Waals surface area contributed by atoms with Crippen molar-refractivity contribution in [3.8, 4) is 5.75 Å². The Kier molecular flexibility index (Phi) is 5.70. The van der Waals surface area contributed by atoms with E-state index in [0.717, 1.165) is 4.90 Å². The summed E-state index contributed by atoms with van der Waals surface area (Å²) in [6.07, 6.45) is 1.26. The molecule has 8 nitrogen and oxygen atoms in total. The van der Waals surface area contributed by atoms with E-state index >= 15 is 0 Å². The quantitative estimate of drug-likeness (QED) is 0.716. The standard InChI is InChI=1S/C23H23N3O5/c27-19-8-4-3-7-18(19)21(29)24-15-9-12-25(13-10-15)20(28)11-14-26-22(30)16-5-1-2-6-17(16)23(26)31/h1-8,15,27H,9-14H2,(H,24,29). The zero-order chi connectivity index (χ0) is 22.0. The van der Waals surface area contributed by atoms with Crippen molar-refractivity contribution in [3.05, 3.63) is 65.2 Å². The van der Waals surface area contributed by atoms with Crippen LogP contribution in [0.3, 0.4) is 0 Å². The molecule has 0 spiro atoms. The van der Waals surface area contributed by atoms with E-state index in [0.29, 0.717) is 37.1 Å². The van der Waals surface area contributed by atoms with Gasteiger partial charge in [-0.15, -0.1) is 0 Å². The molecule has 8 heteroatoms. The van der Waals surface area contributed by atoms with Gasteiger partial charge in [-0.25, -0.2) is 0 Å². The number of carbonyl (C=O) groups is 4. The summed E-state index contributed by atoms with van der Waals surface area (Å²) in [7, 11) is 0. The van der Waals surface area contributed by atoms with Gasteiger partial charge < -0.3 is 15.3 Å². The Morgan fingerprint density at radius 1 is 0.935 bits per heavy atom. The minimum atomic E-state index is -0.362. The number of fused-ring (bicyclic) bond motifs is 1. The summed E-state index contributed by atoms with van der Waals surface area (Å²) >= 11 is 0. The van der Waals surface area contributed by atoms with Gasteiger partial charge in [-0.2, -0.15) is 0 Å². The Labute approximate surface area is 179 Å². The molecule has 2 N–H and O–H groups in total. The van der Waals surface area contributed by atoms with E-state index in [4.69, 9.17) is 0 Å². The fourth-order valence-corrected chi connectivity index (χ4v) is 4.01. The summed E-state index contributed by atoms with van der Waals surface area (Å²) < 4.78 is 0. The first-order valence-electron chi connectivity index (χ1n) is 10.3. The van der Waals surface area contributed by atoms with Crippen molar-refractivity contribution >= 4 is 23.6 Å². The Hall–Kier alpha value is -3.68. The number of hydrogen-bond acceptors (Lipinski definition) is 5. The molecule has 2 aromatic carbocycles. The molecular formula is C23H23N3O5. The Bertz CT molecular complexity index is 1010. The van der Waals surface area contributed by atoms with Crippen molar-refractivity contribution in [3.63, 3.8) is 0 Å². The number of rotatable bonds is 5. The molecule has 0 aromatic heterocycles. The highest BCUT2D eigenvalue weighted by atomic mass is 16.3. The lowest BCUT2D eigenvalue weighted by Crippen LogP contribution is -2.47. The smallest absolute Gasteiger partial charge is 0.261 e. The maximum absolute atomic E-state index is 12.6. The van der Waals surface area contributed by atoms with Crippen LogP contribution in [0, 0.1) is 0 Å². The average molecular weight is 421 g/mol. The van der Waals surface area contributed by atoms with Crippen LogP contribution < -0.4 is 5.32 Å². The average Bonchev–Trinajstić information content (AvgIpc) is 3.03. The first-order valence-corrected chi connectivity index (χ1v) is 10.3. The molecule has 0 atom stereocenters. The number of amides is 4. The van der Waals surface area contributed by atoms with Crippen LogP contribution in [0.15, 0.2) is 48.5 Å². The summed E-state index contributed by atoms with van der Waals surface area (Å²) in [4.78, 5) is 52.6. The number of imide groups is 1. The van der Waals surface area contributed by atoms with Crippen molar-refractivity contribution in [2.24, 2.45) is 0 Å². The van der Waals surface area contributed by atoms with Gasteiger partial charge in [0.1, 0.15) is 5.75 Å². The summed E-state index contributed by atoms with van der Waals surface area (Å²) in [5.41, 5.74) is 0.976. The van der Waals surface area contributed by atoms with Crippen LogP contribution in [0.5, 0.6) is 5.75 Å². The van der Waals surface area contributed by atoms with Crippen molar-refractivity contribution < 1.29 is 24.3 Å². The van der Waals surface area contributed by atoms with E-state index < -0.39 is 0 Å². The summed E-state index contributed by atoms with van der Waals surface area (Å²) in [6, 6.07) is 12.9. The normalized spacial score (nSPS) is 16.4. The van der Waals surface area contributed by atoms with Crippen molar-refractivity contribution in [1.29, 1.82) is 0 Å². The third kappa shape index (κ3) is 4.14. The molecule has 0 aliphatic carbocycles. The molecule has 1 fully saturated rings. The predicted octanol–water partition coefficient (Wildman–Crippen LogP) is 1.80. The lowest BCUT2D eigenvalue weighted by molar-refractivity contribution is -0.132. The Morgan fingerprint density at radius 2 is 1.52 bits per heavy atom. The summed E-state index contributed by atoms with van der Waals surface area (Å²) in [6.45, 7) is 1.01. The predicted molar refractivity (Wildman–Crippen MR) is 112 cm³/mol. The number of piperidine rings is 1. The second-order valence-electron chi connectivity index (χ2n) is 7.70. The number of para-hydroxylation sites is 1. The van der Waals surface area contributed by atoms with Crippen molar-refractivity contribution in [2.75, 3.05) is 19.6 Å². The fraction of sp³-hybridized carbons (Fsp3) is 0.304. The molecule has 2 aliphatic rings. The topological polar surface area (TPSA) is 107 Å². The number of aromatic hydroxyl groups is 1. The van der Waals surface area contributed by atoms with Crippen LogP contribution in [0.25, 0.3) is 0 Å². The summed E-state index contributed by atoms with van der Waals surface area (Å²) in [5, 5.41) is 12.7. The third-order valence-corrected chi connectivity index (χ3v) is 5.76. The lowest BCUT2D eigenvalue weighted by atomic mass is 10.0. The first-order chi connectivity index (χ1) is 15.0. The number of phenols is 1. The first kappa shape index (κ1) is 20.6. The van der Waals surface area contributed by atoms with Crippen LogP contribution in [-0.4, -0.2) is 64.2 Å². The van der Waals surface area contributed by atoms with E-state index in [1.165, 1.54) is 6.07 Å². The highest BCUT2D eigenvalue weighted by Gasteiger charge is 2.35. The van der Waals surface area contributed by atoms with Crippen LogP contribution in [0.2, 0.25) is 0 Å². The van der Waals surface area contributed by atoms with E-state index in [1.54, 1.807) is 47.4 Å². The van der Waals surface area contributed by atoms with Crippen molar-refractivity contribution in [1.82, 2.24) is 15.1 Å². The number of benzene rings is 2. The molecule has 2 aromatic rings. The highest BCUT2D eigenvalue weighted by molar-refractivity contribution is 6.21. The number of nitrogens with zero attached hydrogens (tertiary/aromatic N) is 2.